The van der Waals surface area contributed by atoms with E-state index < -0.39 is 0 Å². The lowest BCUT2D eigenvalue weighted by molar-refractivity contribution is 0.379. The maximum Gasteiger partial charge on any atom is 0.318 e. The first-order chi connectivity index (χ1) is 8.33. The summed E-state index contributed by atoms with van der Waals surface area (Å²) >= 11 is 0. The van der Waals surface area contributed by atoms with Crippen molar-refractivity contribution in [1.82, 2.24) is 15.5 Å². The zero-order valence-electron chi connectivity index (χ0n) is 12.4. The standard InChI is InChI=1S/C13H26N4O/c1-7-8-17(10(2)3)12-16-15-11(18-12)9-14-13(4,5)6/h10,14H,7-9H2,1-6H3. The van der Waals surface area contributed by atoms with Crippen LogP contribution in [0, 0.1) is 0 Å². The average Bonchev–Trinajstić information content (AvgIpc) is 2.70. The Balaban J connectivity index is 2.66. The predicted molar refractivity (Wildman–Crippen MR) is 73.7 cm³/mol. The van der Waals surface area contributed by atoms with E-state index in [1.165, 1.54) is 0 Å². The van der Waals surface area contributed by atoms with Crippen molar-refractivity contribution in [2.45, 2.75) is 66.1 Å². The highest BCUT2D eigenvalue weighted by molar-refractivity contribution is 5.25. The Morgan fingerprint density at radius 1 is 1.28 bits per heavy atom. The summed E-state index contributed by atoms with van der Waals surface area (Å²) < 4.78 is 5.70. The summed E-state index contributed by atoms with van der Waals surface area (Å²) in [5.74, 6) is 0.640. The van der Waals surface area contributed by atoms with E-state index in [1.807, 2.05) is 0 Å². The number of nitrogens with one attached hydrogen (secondary N) is 1. The monoisotopic (exact) mass is 254 g/mol. The van der Waals surface area contributed by atoms with Crippen LogP contribution in [0.5, 0.6) is 0 Å². The van der Waals surface area contributed by atoms with Crippen molar-refractivity contribution in [2.24, 2.45) is 0 Å². The minimum Gasteiger partial charge on any atom is -0.407 e. The fraction of sp³-hybridized carbons (Fsp3) is 0.846. The molecule has 0 aromatic carbocycles. The molecule has 0 amide bonds. The van der Waals surface area contributed by atoms with Crippen LogP contribution in [0.3, 0.4) is 0 Å². The smallest absolute Gasteiger partial charge is 0.318 e. The molecule has 5 heteroatoms. The van der Waals surface area contributed by atoms with Gasteiger partial charge >= 0.3 is 6.01 Å². The van der Waals surface area contributed by atoms with Gasteiger partial charge in [0.25, 0.3) is 0 Å². The molecule has 5 nitrogen and oxygen atoms in total. The zero-order valence-corrected chi connectivity index (χ0v) is 12.4. The third kappa shape index (κ3) is 4.64. The SMILES string of the molecule is CCCN(c1nnc(CNC(C)(C)C)o1)C(C)C. The van der Waals surface area contributed by atoms with Crippen molar-refractivity contribution in [3.05, 3.63) is 5.89 Å². The molecule has 1 rings (SSSR count). The molecule has 0 unspecified atom stereocenters. The van der Waals surface area contributed by atoms with Crippen LogP contribution in [0.15, 0.2) is 4.42 Å². The molecule has 1 heterocycles. The van der Waals surface area contributed by atoms with Gasteiger partial charge in [0.05, 0.1) is 6.54 Å². The summed E-state index contributed by atoms with van der Waals surface area (Å²) in [7, 11) is 0. The van der Waals surface area contributed by atoms with Gasteiger partial charge in [0.15, 0.2) is 0 Å². The van der Waals surface area contributed by atoms with Crippen LogP contribution in [0.4, 0.5) is 6.01 Å². The molecule has 1 N–H and O–H groups in total. The highest BCUT2D eigenvalue weighted by Crippen LogP contribution is 2.16. The van der Waals surface area contributed by atoms with E-state index >= 15 is 0 Å². The van der Waals surface area contributed by atoms with Crippen molar-refractivity contribution in [3.63, 3.8) is 0 Å². The third-order valence-electron chi connectivity index (χ3n) is 2.56. The van der Waals surface area contributed by atoms with Gasteiger partial charge in [0.2, 0.25) is 5.89 Å². The van der Waals surface area contributed by atoms with E-state index in [0.717, 1.165) is 13.0 Å². The maximum absolute atomic E-state index is 5.70. The van der Waals surface area contributed by atoms with Gasteiger partial charge in [-0.05, 0) is 41.0 Å². The Morgan fingerprint density at radius 2 is 1.94 bits per heavy atom. The number of hydrogen-bond acceptors (Lipinski definition) is 5. The number of nitrogens with zero attached hydrogens (tertiary/aromatic N) is 3. The molecule has 0 spiro atoms. The second-order valence-electron chi connectivity index (χ2n) is 5.87. The van der Waals surface area contributed by atoms with E-state index in [2.05, 4.69) is 62.0 Å². The van der Waals surface area contributed by atoms with Crippen molar-refractivity contribution in [3.8, 4) is 0 Å². The largest absolute Gasteiger partial charge is 0.407 e. The van der Waals surface area contributed by atoms with Gasteiger partial charge < -0.3 is 14.6 Å². The molecule has 0 saturated heterocycles. The summed E-state index contributed by atoms with van der Waals surface area (Å²) in [5.41, 5.74) is 0.0514. The van der Waals surface area contributed by atoms with Crippen LogP contribution >= 0.6 is 0 Å². The number of anilines is 1. The first-order valence-corrected chi connectivity index (χ1v) is 6.67. The second kappa shape index (κ2) is 6.18. The van der Waals surface area contributed by atoms with E-state index in [1.54, 1.807) is 0 Å². The first-order valence-electron chi connectivity index (χ1n) is 6.67. The van der Waals surface area contributed by atoms with Crippen molar-refractivity contribution in [1.29, 1.82) is 0 Å². The molecular formula is C13H26N4O. The minimum absolute atomic E-state index is 0.0514. The third-order valence-corrected chi connectivity index (χ3v) is 2.56. The van der Waals surface area contributed by atoms with Gasteiger partial charge in [-0.1, -0.05) is 12.0 Å². The average molecular weight is 254 g/mol. The molecule has 1 aromatic rings. The Kier molecular flexibility index (Phi) is 5.14. The van der Waals surface area contributed by atoms with E-state index in [9.17, 15) is 0 Å². The molecule has 0 fully saturated rings. The number of rotatable bonds is 6. The lowest BCUT2D eigenvalue weighted by Crippen LogP contribution is -2.35. The highest BCUT2D eigenvalue weighted by atomic mass is 16.4. The molecule has 104 valence electrons. The van der Waals surface area contributed by atoms with Crippen LogP contribution in [-0.2, 0) is 6.54 Å². The summed E-state index contributed by atoms with van der Waals surface area (Å²) in [6.07, 6.45) is 1.07. The fourth-order valence-corrected chi connectivity index (χ4v) is 1.59. The molecule has 0 radical (unpaired) electrons. The van der Waals surface area contributed by atoms with Gasteiger partial charge in [0.1, 0.15) is 0 Å². The first kappa shape index (κ1) is 15.0. The van der Waals surface area contributed by atoms with E-state index in [4.69, 9.17) is 4.42 Å². The molecule has 0 aliphatic rings. The van der Waals surface area contributed by atoms with Crippen molar-refractivity contribution >= 4 is 6.01 Å². The molecule has 18 heavy (non-hydrogen) atoms. The molecule has 0 saturated carbocycles. The van der Waals surface area contributed by atoms with Crippen molar-refractivity contribution < 1.29 is 4.42 Å². The van der Waals surface area contributed by atoms with E-state index in [-0.39, 0.29) is 5.54 Å². The van der Waals surface area contributed by atoms with Crippen LogP contribution in [0.2, 0.25) is 0 Å². The molecular weight excluding hydrogens is 228 g/mol. The summed E-state index contributed by atoms with van der Waals surface area (Å²) in [6, 6.07) is 0.992. The van der Waals surface area contributed by atoms with Crippen LogP contribution in [0.25, 0.3) is 0 Å². The number of aromatic nitrogens is 2. The topological polar surface area (TPSA) is 54.2 Å². The zero-order chi connectivity index (χ0) is 13.8. The lowest BCUT2D eigenvalue weighted by Gasteiger charge is -2.23. The van der Waals surface area contributed by atoms with Crippen LogP contribution in [0.1, 0.15) is 53.9 Å². The van der Waals surface area contributed by atoms with Gasteiger partial charge in [-0.25, -0.2) is 0 Å². The van der Waals surface area contributed by atoms with Gasteiger partial charge in [-0.15, -0.1) is 5.10 Å². The normalized spacial score (nSPS) is 12.2. The Morgan fingerprint density at radius 3 is 2.44 bits per heavy atom. The molecule has 0 bridgehead atoms. The van der Waals surface area contributed by atoms with E-state index in [0.29, 0.717) is 24.5 Å². The lowest BCUT2D eigenvalue weighted by atomic mass is 10.1. The van der Waals surface area contributed by atoms with Crippen molar-refractivity contribution in [2.75, 3.05) is 11.4 Å². The maximum atomic E-state index is 5.70. The molecule has 0 aliphatic carbocycles. The Bertz CT molecular complexity index is 354. The minimum atomic E-state index is 0.0514. The Hall–Kier alpha value is -1.10. The van der Waals surface area contributed by atoms with Gasteiger partial charge in [-0.3, -0.25) is 0 Å². The fourth-order valence-electron chi connectivity index (χ4n) is 1.59. The number of hydrogen-bond donors (Lipinski definition) is 1. The Labute approximate surface area is 110 Å². The molecule has 1 aromatic heterocycles. The quantitative estimate of drug-likeness (QED) is 0.845. The summed E-state index contributed by atoms with van der Waals surface area (Å²) in [5, 5.41) is 11.5. The van der Waals surface area contributed by atoms with Crippen LogP contribution in [-0.4, -0.2) is 28.3 Å². The van der Waals surface area contributed by atoms with Gasteiger partial charge in [-0.2, -0.15) is 0 Å². The van der Waals surface area contributed by atoms with Gasteiger partial charge in [0, 0.05) is 18.1 Å². The molecule has 0 aliphatic heterocycles. The van der Waals surface area contributed by atoms with Crippen LogP contribution < -0.4 is 10.2 Å². The highest BCUT2D eigenvalue weighted by Gasteiger charge is 2.17. The summed E-state index contributed by atoms with van der Waals surface area (Å²) in [4.78, 5) is 2.13. The predicted octanol–water partition coefficient (Wildman–Crippen LogP) is 2.58. The summed E-state index contributed by atoms with van der Waals surface area (Å²) in [6.45, 7) is 14.3. The molecule has 0 atom stereocenters. The second-order valence-corrected chi connectivity index (χ2v) is 5.87.